The molecule has 3 aliphatic rings. The molecule has 0 unspecified atom stereocenters. The number of oxime groups is 1. The summed E-state index contributed by atoms with van der Waals surface area (Å²) in [5.74, 6) is -2.21. The molecule has 6 rings (SSSR count). The van der Waals surface area contributed by atoms with E-state index in [1.807, 2.05) is 13.0 Å². The second-order valence-corrected chi connectivity index (χ2v) is 17.3. The highest BCUT2D eigenvalue weighted by atomic mass is 32.2. The first-order valence-electron chi connectivity index (χ1n) is 20.4. The molecule has 318 valence electrons. The molecule has 1 fully saturated rings. The minimum Gasteiger partial charge on any atom is -0.489 e. The first kappa shape index (κ1) is 44.0. The number of unbranched alkanes of at least 4 members (excludes halogenated alkanes) is 2. The van der Waals surface area contributed by atoms with Crippen LogP contribution in [0.1, 0.15) is 75.8 Å². The first-order chi connectivity index (χ1) is 28.5. The van der Waals surface area contributed by atoms with Crippen molar-refractivity contribution in [1.29, 1.82) is 0 Å². The molecule has 12 nitrogen and oxygen atoms in total. The van der Waals surface area contributed by atoms with Gasteiger partial charge in [-0.25, -0.2) is 12.8 Å². The average molecular weight is 834 g/mol. The van der Waals surface area contributed by atoms with Crippen LogP contribution in [0, 0.1) is 23.6 Å². The number of carbonyl (C=O) groups excluding carboxylic acids is 1. The van der Waals surface area contributed by atoms with Crippen molar-refractivity contribution >= 4 is 27.3 Å². The first-order valence-corrected chi connectivity index (χ1v) is 21.8. The van der Waals surface area contributed by atoms with Crippen molar-refractivity contribution in [2.24, 2.45) is 22.9 Å². The van der Waals surface area contributed by atoms with E-state index in [0.717, 1.165) is 36.8 Å². The zero-order valence-corrected chi connectivity index (χ0v) is 34.8. The van der Waals surface area contributed by atoms with Crippen molar-refractivity contribution in [1.82, 2.24) is 4.31 Å². The Morgan fingerprint density at radius 1 is 1.07 bits per heavy atom. The van der Waals surface area contributed by atoms with Crippen LogP contribution in [0.2, 0.25) is 0 Å². The summed E-state index contributed by atoms with van der Waals surface area (Å²) in [6, 6.07) is 17.0. The van der Waals surface area contributed by atoms with E-state index < -0.39 is 27.8 Å². The quantitative estimate of drug-likeness (QED) is 0.0603. The maximum Gasteiger partial charge on any atom is 0.243 e. The molecule has 14 heteroatoms. The molecule has 1 heterocycles. The van der Waals surface area contributed by atoms with E-state index in [-0.39, 0.29) is 73.8 Å². The van der Waals surface area contributed by atoms with Crippen molar-refractivity contribution in [3.05, 3.63) is 108 Å². The Hall–Kier alpha value is -4.60. The Balaban J connectivity index is 1.54. The Bertz CT molecular complexity index is 2110. The third-order valence-corrected chi connectivity index (χ3v) is 13.5. The predicted octanol–water partition coefficient (Wildman–Crippen LogP) is 7.34. The number of rotatable bonds is 20. The smallest absolute Gasteiger partial charge is 0.243 e. The van der Waals surface area contributed by atoms with Crippen LogP contribution in [0.3, 0.4) is 0 Å². The van der Waals surface area contributed by atoms with Crippen LogP contribution in [0.4, 0.5) is 10.1 Å². The molecule has 0 aromatic heterocycles. The van der Waals surface area contributed by atoms with E-state index in [4.69, 9.17) is 19.0 Å². The number of aliphatic hydroxyl groups is 2. The van der Waals surface area contributed by atoms with Crippen molar-refractivity contribution in [2.75, 3.05) is 38.8 Å². The Labute approximate surface area is 346 Å². The number of likely N-dealkylation sites (N-methyl/N-ethyl adjacent to an activating group) is 1. The minimum atomic E-state index is -4.23. The van der Waals surface area contributed by atoms with Crippen molar-refractivity contribution in [3.63, 3.8) is 0 Å². The molecule has 59 heavy (non-hydrogen) atoms. The van der Waals surface area contributed by atoms with Gasteiger partial charge >= 0.3 is 0 Å². The SMILES string of the molecule is C=CCO[C@@]12Oc3ccc(OCc4ccccc4F)cc3[C@H]3[C@H](CCCCO)[C@@H](CCCCO)C=C(C(=NOCC)C[C@@H]1N(C)S(=O)(=O)c1ccc(NC(C)=O)cc1)[C@H]32. The summed E-state index contributed by atoms with van der Waals surface area (Å²) in [6.07, 6.45) is 8.16. The zero-order valence-electron chi connectivity index (χ0n) is 34.0. The van der Waals surface area contributed by atoms with Gasteiger partial charge in [0.25, 0.3) is 0 Å². The number of ether oxygens (including phenoxy) is 3. The van der Waals surface area contributed by atoms with E-state index >= 15 is 0 Å². The Morgan fingerprint density at radius 2 is 1.80 bits per heavy atom. The summed E-state index contributed by atoms with van der Waals surface area (Å²) in [5, 5.41) is 27.0. The molecule has 3 aromatic carbocycles. The third kappa shape index (κ3) is 9.42. The summed E-state index contributed by atoms with van der Waals surface area (Å²) in [4.78, 5) is 17.5. The lowest BCUT2D eigenvalue weighted by molar-refractivity contribution is -0.250. The summed E-state index contributed by atoms with van der Waals surface area (Å²) in [7, 11) is -2.71. The number of amides is 1. The number of halogens is 1. The molecule has 3 aromatic rings. The molecule has 0 bridgehead atoms. The van der Waals surface area contributed by atoms with Crippen molar-refractivity contribution in [2.45, 2.75) is 88.0 Å². The highest BCUT2D eigenvalue weighted by Gasteiger charge is 2.65. The second kappa shape index (κ2) is 19.6. The number of benzene rings is 3. The van der Waals surface area contributed by atoms with Gasteiger partial charge in [0, 0.05) is 56.3 Å². The van der Waals surface area contributed by atoms with E-state index in [0.29, 0.717) is 41.3 Å². The number of allylic oxidation sites excluding steroid dienone is 1. The molecule has 1 aliphatic heterocycles. The molecule has 0 spiro atoms. The van der Waals surface area contributed by atoms with Crippen LogP contribution >= 0.6 is 0 Å². The number of fused-ring (bicyclic) bond motifs is 2. The standard InChI is InChI=1S/C45H56FN3O9S/c1-5-25-56-45-42(49(4)59(53,54)35-20-17-33(18-21-35)47-30(3)52)28-40(48-57-6-2)37-26-31(13-9-11-23-50)36(15-10-12-24-51)43(44(37)45)38-27-34(19-22-41(38)58-45)55-29-32-14-7-8-16-39(32)46/h5,7-8,14,16-22,26-27,31,36,42-44,50-51H,1,6,9-13,15,23-25,28-29H2,2-4H3,(H,47,52)/t31-,36+,42-,43+,44+,45+/m0/s1. The van der Waals surface area contributed by atoms with Crippen molar-refractivity contribution < 1.29 is 46.9 Å². The molecule has 2 aliphatic carbocycles. The molecule has 1 saturated carbocycles. The molecule has 0 radical (unpaired) electrons. The summed E-state index contributed by atoms with van der Waals surface area (Å²) in [6.45, 7) is 7.59. The van der Waals surface area contributed by atoms with E-state index in [1.54, 1.807) is 48.5 Å². The monoisotopic (exact) mass is 833 g/mol. The predicted molar refractivity (Wildman–Crippen MR) is 223 cm³/mol. The van der Waals surface area contributed by atoms with Crippen LogP contribution < -0.4 is 14.8 Å². The lowest BCUT2D eigenvalue weighted by Crippen LogP contribution is -2.69. The minimum absolute atomic E-state index is 0.00332. The molecule has 3 N–H and O–H groups in total. The second-order valence-electron chi connectivity index (χ2n) is 15.3. The van der Waals surface area contributed by atoms with Gasteiger partial charge in [-0.2, -0.15) is 4.31 Å². The summed E-state index contributed by atoms with van der Waals surface area (Å²) in [5.41, 5.74) is 3.12. The van der Waals surface area contributed by atoms with Crippen LogP contribution in [0.15, 0.2) is 101 Å². The number of anilines is 1. The maximum atomic E-state index is 14.7. The topological polar surface area (TPSA) is 156 Å². The fourth-order valence-electron chi connectivity index (χ4n) is 8.96. The van der Waals surface area contributed by atoms with Crippen molar-refractivity contribution in [3.8, 4) is 11.5 Å². The van der Waals surface area contributed by atoms with Crippen LogP contribution in [-0.4, -0.2) is 79.9 Å². The highest BCUT2D eigenvalue weighted by Crippen LogP contribution is 2.62. The van der Waals surface area contributed by atoms with Crippen LogP contribution in [-0.2, 0) is 31.0 Å². The van der Waals surface area contributed by atoms with Gasteiger partial charge in [0.2, 0.25) is 21.7 Å². The zero-order chi connectivity index (χ0) is 42.2. The van der Waals surface area contributed by atoms with Gasteiger partial charge in [-0.3, -0.25) is 4.79 Å². The van der Waals surface area contributed by atoms with Gasteiger partial charge in [0.1, 0.15) is 30.5 Å². The fourth-order valence-corrected chi connectivity index (χ4v) is 10.3. The van der Waals surface area contributed by atoms with E-state index in [2.05, 4.69) is 23.1 Å². The number of nitrogens with one attached hydrogen (secondary N) is 1. The Morgan fingerprint density at radius 3 is 2.47 bits per heavy atom. The van der Waals surface area contributed by atoms with E-state index in [1.165, 1.54) is 36.5 Å². The number of hydrogen-bond acceptors (Lipinski definition) is 10. The van der Waals surface area contributed by atoms with E-state index in [9.17, 15) is 27.8 Å². The van der Waals surface area contributed by atoms with Gasteiger partial charge in [-0.15, -0.1) is 6.58 Å². The number of hydrogen-bond donors (Lipinski definition) is 3. The van der Waals surface area contributed by atoms with Gasteiger partial charge in [-0.05, 0) is 98.5 Å². The molecule has 1 amide bonds. The van der Waals surface area contributed by atoms with Gasteiger partial charge in [-0.1, -0.05) is 48.3 Å². The van der Waals surface area contributed by atoms with Crippen LogP contribution in [0.5, 0.6) is 11.5 Å². The van der Waals surface area contributed by atoms with Crippen LogP contribution in [0.25, 0.3) is 0 Å². The van der Waals surface area contributed by atoms with Gasteiger partial charge in [0.15, 0.2) is 0 Å². The van der Waals surface area contributed by atoms with Gasteiger partial charge in [0.05, 0.1) is 29.2 Å². The summed E-state index contributed by atoms with van der Waals surface area (Å²) < 4.78 is 65.6. The number of carbonyl (C=O) groups is 1. The molecular formula is C45H56FN3O9S. The molecule has 6 atom stereocenters. The maximum absolute atomic E-state index is 14.7. The average Bonchev–Trinajstić information content (AvgIpc) is 3.22. The normalized spacial score (nSPS) is 24.1. The lowest BCUT2D eigenvalue weighted by atomic mass is 9.55. The number of sulfonamides is 1. The van der Waals surface area contributed by atoms with Gasteiger partial charge < -0.3 is 34.6 Å². The molecule has 0 saturated heterocycles. The third-order valence-electron chi connectivity index (χ3n) is 11.6. The summed E-state index contributed by atoms with van der Waals surface area (Å²) >= 11 is 0. The number of nitrogens with zero attached hydrogens (tertiary/aromatic N) is 2. The Kier molecular flexibility index (Phi) is 14.6. The fraction of sp³-hybridized carbons (Fsp3) is 0.467. The highest BCUT2D eigenvalue weighted by molar-refractivity contribution is 7.89. The lowest BCUT2D eigenvalue weighted by Gasteiger charge is -2.59. The largest absolute Gasteiger partial charge is 0.489 e. The molecular weight excluding hydrogens is 778 g/mol. The number of aliphatic hydroxyl groups excluding tert-OH is 2.